The summed E-state index contributed by atoms with van der Waals surface area (Å²) in [6, 6.07) is 0. The average Bonchev–Trinajstić information content (AvgIpc) is 3.09. The Morgan fingerprint density at radius 3 is 2.47 bits per heavy atom. The van der Waals surface area contributed by atoms with Crippen LogP contribution in [0.3, 0.4) is 0 Å². The van der Waals surface area contributed by atoms with Gasteiger partial charge in [-0.05, 0) is 44.9 Å². The number of hydrogen-bond acceptors (Lipinski definition) is 7. The van der Waals surface area contributed by atoms with Crippen molar-refractivity contribution in [3.8, 4) is 0 Å². The van der Waals surface area contributed by atoms with Crippen LogP contribution in [0.4, 0.5) is 0 Å². The lowest BCUT2D eigenvalue weighted by molar-refractivity contribution is -0.365. The van der Waals surface area contributed by atoms with Crippen molar-refractivity contribution in [1.82, 2.24) is 0 Å². The van der Waals surface area contributed by atoms with Gasteiger partial charge in [-0.3, -0.25) is 0 Å². The van der Waals surface area contributed by atoms with Crippen LogP contribution < -0.4 is 0 Å². The Bertz CT molecular complexity index is 678. The molecule has 4 rings (SSSR count). The van der Waals surface area contributed by atoms with E-state index in [0.29, 0.717) is 12.8 Å². The van der Waals surface area contributed by atoms with Crippen molar-refractivity contribution in [3.05, 3.63) is 12.7 Å². The highest BCUT2D eigenvalue weighted by Gasteiger charge is 2.71. The molecule has 0 spiro atoms. The molecule has 172 valence electrons. The van der Waals surface area contributed by atoms with E-state index in [1.807, 2.05) is 20.8 Å². The Labute approximate surface area is 179 Å². The topological polar surface area (TPSA) is 86.6 Å². The summed E-state index contributed by atoms with van der Waals surface area (Å²) in [6.07, 6.45) is 1.96. The third-order valence-corrected chi connectivity index (χ3v) is 8.48. The predicted molar refractivity (Wildman–Crippen MR) is 109 cm³/mol. The van der Waals surface area contributed by atoms with E-state index >= 15 is 0 Å². The standard InChI is InChI=1S/C23H38O7/c1-8-16-18(30-21(5,6)28-16)14-11-17-22(24)10-9-15(20(22,3)4)19(27-12-26-7)23(25,29-17)13(14)2/h8,13-19,24-25H,1,9-12H2,2-7H3/t13-,14+,15-,16-,17-,18+,19-,22-,23+/m1/s1. The summed E-state index contributed by atoms with van der Waals surface area (Å²) in [5.41, 5.74) is -1.55. The van der Waals surface area contributed by atoms with Gasteiger partial charge in [-0.25, -0.2) is 0 Å². The van der Waals surface area contributed by atoms with Gasteiger partial charge in [-0.1, -0.05) is 26.8 Å². The van der Waals surface area contributed by atoms with E-state index < -0.39 is 34.8 Å². The fraction of sp³-hybridized carbons (Fsp3) is 0.913. The Balaban J connectivity index is 1.77. The molecule has 4 aliphatic rings. The van der Waals surface area contributed by atoms with Gasteiger partial charge in [0.2, 0.25) is 0 Å². The van der Waals surface area contributed by atoms with Crippen LogP contribution in [0, 0.1) is 23.2 Å². The second-order valence-corrected chi connectivity index (χ2v) is 10.6. The van der Waals surface area contributed by atoms with E-state index in [4.69, 9.17) is 23.7 Å². The van der Waals surface area contributed by atoms with Crippen LogP contribution in [0.5, 0.6) is 0 Å². The van der Waals surface area contributed by atoms with Crippen molar-refractivity contribution in [2.24, 2.45) is 23.2 Å². The molecule has 0 aromatic rings. The van der Waals surface area contributed by atoms with E-state index in [0.717, 1.165) is 6.42 Å². The van der Waals surface area contributed by atoms with Gasteiger partial charge >= 0.3 is 0 Å². The molecule has 3 saturated heterocycles. The quantitative estimate of drug-likeness (QED) is 0.516. The molecule has 0 unspecified atom stereocenters. The third kappa shape index (κ3) is 3.04. The van der Waals surface area contributed by atoms with Crippen LogP contribution in [-0.2, 0) is 23.7 Å². The number of fused-ring (bicyclic) bond motifs is 5. The van der Waals surface area contributed by atoms with E-state index in [1.165, 1.54) is 0 Å². The van der Waals surface area contributed by atoms with Crippen LogP contribution >= 0.6 is 0 Å². The first kappa shape index (κ1) is 22.6. The molecule has 3 heterocycles. The van der Waals surface area contributed by atoms with Crippen molar-refractivity contribution in [2.75, 3.05) is 13.9 Å². The lowest BCUT2D eigenvalue weighted by Gasteiger charge is -2.52. The van der Waals surface area contributed by atoms with Crippen molar-refractivity contribution >= 4 is 0 Å². The minimum absolute atomic E-state index is 0.0503. The predicted octanol–water partition coefficient (Wildman–Crippen LogP) is 2.59. The van der Waals surface area contributed by atoms with Crippen molar-refractivity contribution < 1.29 is 33.9 Å². The molecule has 4 fully saturated rings. The van der Waals surface area contributed by atoms with E-state index in [1.54, 1.807) is 13.2 Å². The Hall–Kier alpha value is -0.540. The average molecular weight is 427 g/mol. The van der Waals surface area contributed by atoms with Crippen LogP contribution in [0.25, 0.3) is 0 Å². The van der Waals surface area contributed by atoms with Crippen LogP contribution in [-0.4, -0.2) is 65.7 Å². The Kier molecular flexibility index (Phi) is 5.46. The van der Waals surface area contributed by atoms with E-state index in [9.17, 15) is 10.2 Å². The molecule has 0 amide bonds. The Morgan fingerprint density at radius 1 is 1.13 bits per heavy atom. The van der Waals surface area contributed by atoms with Gasteiger partial charge in [0.1, 0.15) is 19.0 Å². The summed E-state index contributed by atoms with van der Waals surface area (Å²) in [6.45, 7) is 13.9. The maximum Gasteiger partial charge on any atom is 0.196 e. The molecule has 2 N–H and O–H groups in total. The molecule has 1 saturated carbocycles. The van der Waals surface area contributed by atoms with Crippen molar-refractivity contribution in [1.29, 1.82) is 0 Å². The summed E-state index contributed by atoms with van der Waals surface area (Å²) in [7, 11) is 1.56. The molecule has 3 aliphatic heterocycles. The van der Waals surface area contributed by atoms with Gasteiger partial charge < -0.3 is 33.9 Å². The van der Waals surface area contributed by atoms with Gasteiger partial charge in [0, 0.05) is 18.4 Å². The Morgan fingerprint density at radius 2 is 1.83 bits per heavy atom. The molecule has 0 radical (unpaired) electrons. The highest BCUT2D eigenvalue weighted by Crippen LogP contribution is 2.63. The van der Waals surface area contributed by atoms with Gasteiger partial charge in [-0.15, -0.1) is 6.58 Å². The molecular formula is C23H38O7. The molecule has 9 atom stereocenters. The fourth-order valence-corrected chi connectivity index (χ4v) is 6.66. The van der Waals surface area contributed by atoms with E-state index in [2.05, 4.69) is 20.4 Å². The fourth-order valence-electron chi connectivity index (χ4n) is 6.66. The first-order chi connectivity index (χ1) is 13.9. The molecule has 30 heavy (non-hydrogen) atoms. The SMILES string of the molecule is C=C[C@H]1OC(C)(C)O[C@H]1[C@H]1C[C@H]2O[C@@](O)([C@@H]1C)[C@H](OCOC)[C@H]1CC[C@]2(O)C1(C)C. The van der Waals surface area contributed by atoms with Crippen LogP contribution in [0.1, 0.15) is 53.9 Å². The van der Waals surface area contributed by atoms with Gasteiger partial charge in [0.15, 0.2) is 11.6 Å². The van der Waals surface area contributed by atoms with Gasteiger partial charge in [0.25, 0.3) is 0 Å². The lowest BCUT2D eigenvalue weighted by atomic mass is 9.68. The minimum Gasteiger partial charge on any atom is -0.387 e. The van der Waals surface area contributed by atoms with Crippen molar-refractivity contribution in [2.45, 2.75) is 95.5 Å². The highest BCUT2D eigenvalue weighted by molar-refractivity contribution is 5.18. The van der Waals surface area contributed by atoms with Crippen molar-refractivity contribution in [3.63, 3.8) is 0 Å². The number of hydrogen-bond donors (Lipinski definition) is 2. The maximum absolute atomic E-state index is 12.0. The smallest absolute Gasteiger partial charge is 0.196 e. The number of methoxy groups -OCH3 is 1. The number of rotatable bonds is 5. The normalized spacial score (nSPS) is 51.5. The zero-order valence-corrected chi connectivity index (χ0v) is 19.1. The monoisotopic (exact) mass is 426 g/mol. The number of ether oxygens (including phenoxy) is 5. The highest BCUT2D eigenvalue weighted by atomic mass is 16.8. The second-order valence-electron chi connectivity index (χ2n) is 10.6. The number of aliphatic hydroxyl groups is 2. The molecule has 7 nitrogen and oxygen atoms in total. The summed E-state index contributed by atoms with van der Waals surface area (Å²) >= 11 is 0. The molecule has 4 bridgehead atoms. The lowest BCUT2D eigenvalue weighted by Crippen LogP contribution is -2.64. The summed E-state index contributed by atoms with van der Waals surface area (Å²) in [5.74, 6) is -2.79. The minimum atomic E-state index is -1.57. The molecule has 7 heteroatoms. The second kappa shape index (κ2) is 7.24. The molecule has 0 aromatic carbocycles. The molecule has 1 aliphatic carbocycles. The van der Waals surface area contributed by atoms with Gasteiger partial charge in [0.05, 0.1) is 17.8 Å². The maximum atomic E-state index is 12.0. The van der Waals surface area contributed by atoms with Crippen LogP contribution in [0.15, 0.2) is 12.7 Å². The third-order valence-electron chi connectivity index (χ3n) is 8.48. The zero-order valence-electron chi connectivity index (χ0n) is 19.1. The first-order valence-electron chi connectivity index (χ1n) is 11.1. The molecular weight excluding hydrogens is 388 g/mol. The summed E-state index contributed by atoms with van der Waals surface area (Å²) in [5, 5.41) is 23.8. The zero-order chi connectivity index (χ0) is 22.1. The summed E-state index contributed by atoms with van der Waals surface area (Å²) < 4.78 is 29.9. The first-order valence-corrected chi connectivity index (χ1v) is 11.1. The largest absolute Gasteiger partial charge is 0.387 e. The van der Waals surface area contributed by atoms with Gasteiger partial charge in [-0.2, -0.15) is 0 Å². The van der Waals surface area contributed by atoms with Crippen LogP contribution in [0.2, 0.25) is 0 Å². The molecule has 0 aromatic heterocycles. The van der Waals surface area contributed by atoms with E-state index in [-0.39, 0.29) is 36.8 Å². The summed E-state index contributed by atoms with van der Waals surface area (Å²) in [4.78, 5) is 0.